The van der Waals surface area contributed by atoms with Crippen molar-refractivity contribution in [3.05, 3.63) is 81.2 Å². The van der Waals surface area contributed by atoms with Gasteiger partial charge in [0, 0.05) is 16.1 Å². The van der Waals surface area contributed by atoms with Gasteiger partial charge in [0.2, 0.25) is 0 Å². The highest BCUT2D eigenvalue weighted by atomic mass is 32.1. The molecule has 2 amide bonds. The Morgan fingerprint density at radius 3 is 2.27 bits per heavy atom. The summed E-state index contributed by atoms with van der Waals surface area (Å²) in [5.41, 5.74) is 5.08. The van der Waals surface area contributed by atoms with E-state index in [0.29, 0.717) is 16.1 Å². The number of amides is 2. The van der Waals surface area contributed by atoms with E-state index in [1.165, 1.54) is 11.3 Å². The molecule has 0 radical (unpaired) electrons. The van der Waals surface area contributed by atoms with Crippen molar-refractivity contribution >= 4 is 33.8 Å². The van der Waals surface area contributed by atoms with E-state index in [0.717, 1.165) is 48.1 Å². The number of hydrogen-bond donors (Lipinski definition) is 2. The number of carbonyl (C=O) groups excluding carboxylic acids is 2. The van der Waals surface area contributed by atoms with Gasteiger partial charge in [0.15, 0.2) is 0 Å². The third kappa shape index (κ3) is 4.17. The molecule has 0 saturated heterocycles. The monoisotopic (exact) mass is 418 g/mol. The van der Waals surface area contributed by atoms with Crippen molar-refractivity contribution in [1.82, 2.24) is 0 Å². The second kappa shape index (κ2) is 8.84. The van der Waals surface area contributed by atoms with Gasteiger partial charge in [0.25, 0.3) is 11.8 Å². The fourth-order valence-corrected chi connectivity index (χ4v) is 5.25. The highest BCUT2D eigenvalue weighted by Crippen LogP contribution is 2.38. The Balaban J connectivity index is 1.70. The van der Waals surface area contributed by atoms with Crippen LogP contribution >= 0.6 is 11.3 Å². The minimum atomic E-state index is -0.172. The quantitative estimate of drug-likeness (QED) is 0.500. The number of para-hydroxylation sites is 1. The predicted octanol–water partition coefficient (Wildman–Crippen LogP) is 6.14. The molecule has 0 atom stereocenters. The number of aryl methyl sites for hydroxylation is 3. The molecule has 0 aliphatic heterocycles. The first-order valence-corrected chi connectivity index (χ1v) is 11.2. The van der Waals surface area contributed by atoms with Crippen molar-refractivity contribution in [3.8, 4) is 0 Å². The van der Waals surface area contributed by atoms with Gasteiger partial charge in [-0.25, -0.2) is 0 Å². The summed E-state index contributed by atoms with van der Waals surface area (Å²) in [7, 11) is 0. The normalized spacial score (nSPS) is 13.3. The maximum atomic E-state index is 13.4. The fourth-order valence-electron chi connectivity index (χ4n) is 3.97. The van der Waals surface area contributed by atoms with Crippen LogP contribution in [0.4, 0.5) is 10.7 Å². The Hall–Kier alpha value is -2.92. The van der Waals surface area contributed by atoms with Gasteiger partial charge in [0.05, 0.1) is 5.56 Å². The molecule has 0 fully saturated rings. The molecule has 4 nitrogen and oxygen atoms in total. The van der Waals surface area contributed by atoms with Crippen LogP contribution in [0.3, 0.4) is 0 Å². The fraction of sp³-hybridized carbons (Fsp3) is 0.280. The average molecular weight is 419 g/mol. The lowest BCUT2D eigenvalue weighted by Gasteiger charge is -2.12. The summed E-state index contributed by atoms with van der Waals surface area (Å²) in [6.07, 6.45) is 5.20. The molecule has 1 heterocycles. The van der Waals surface area contributed by atoms with Crippen LogP contribution < -0.4 is 10.6 Å². The summed E-state index contributed by atoms with van der Waals surface area (Å²) in [5, 5.41) is 6.76. The predicted molar refractivity (Wildman–Crippen MR) is 124 cm³/mol. The Bertz CT molecular complexity index is 1100. The van der Waals surface area contributed by atoms with Crippen molar-refractivity contribution in [1.29, 1.82) is 0 Å². The van der Waals surface area contributed by atoms with Gasteiger partial charge in [-0.2, -0.15) is 0 Å². The number of nitrogens with one attached hydrogen (secondary N) is 2. The minimum Gasteiger partial charge on any atom is -0.322 e. The molecule has 154 valence electrons. The summed E-state index contributed by atoms with van der Waals surface area (Å²) in [6.45, 7) is 3.90. The minimum absolute atomic E-state index is 0.149. The summed E-state index contributed by atoms with van der Waals surface area (Å²) in [6, 6.07) is 15.3. The van der Waals surface area contributed by atoms with Crippen molar-refractivity contribution in [2.75, 3.05) is 10.6 Å². The van der Waals surface area contributed by atoms with Crippen LogP contribution in [-0.2, 0) is 12.8 Å². The molecular weight excluding hydrogens is 392 g/mol. The highest BCUT2D eigenvalue weighted by Gasteiger charge is 2.26. The number of thiophene rings is 1. The first-order valence-electron chi connectivity index (χ1n) is 10.4. The number of rotatable bonds is 4. The molecule has 1 aliphatic carbocycles. The largest absolute Gasteiger partial charge is 0.322 e. The molecule has 2 N–H and O–H groups in total. The molecule has 5 heteroatoms. The number of carbonyl (C=O) groups is 2. The third-order valence-corrected chi connectivity index (χ3v) is 6.87. The number of anilines is 2. The van der Waals surface area contributed by atoms with Gasteiger partial charge < -0.3 is 10.6 Å². The van der Waals surface area contributed by atoms with Gasteiger partial charge in [-0.1, -0.05) is 42.8 Å². The highest BCUT2D eigenvalue weighted by molar-refractivity contribution is 7.17. The van der Waals surface area contributed by atoms with E-state index in [2.05, 4.69) is 10.6 Å². The first kappa shape index (κ1) is 20.4. The van der Waals surface area contributed by atoms with Crippen LogP contribution in [0.1, 0.15) is 61.5 Å². The second-order valence-corrected chi connectivity index (χ2v) is 8.91. The van der Waals surface area contributed by atoms with Crippen LogP contribution in [0.5, 0.6) is 0 Å². The van der Waals surface area contributed by atoms with Gasteiger partial charge in [-0.3, -0.25) is 9.59 Å². The van der Waals surface area contributed by atoms with E-state index in [-0.39, 0.29) is 11.8 Å². The van der Waals surface area contributed by atoms with Crippen molar-refractivity contribution < 1.29 is 9.59 Å². The molecule has 1 aliphatic rings. The van der Waals surface area contributed by atoms with E-state index in [4.69, 9.17) is 0 Å². The molecule has 30 heavy (non-hydrogen) atoms. The van der Waals surface area contributed by atoms with Crippen molar-refractivity contribution in [2.45, 2.75) is 46.0 Å². The molecular formula is C25H26N2O2S. The maximum Gasteiger partial charge on any atom is 0.258 e. The lowest BCUT2D eigenvalue weighted by molar-refractivity contribution is 0.102. The zero-order chi connectivity index (χ0) is 21.1. The zero-order valence-electron chi connectivity index (χ0n) is 17.4. The number of benzene rings is 2. The maximum absolute atomic E-state index is 13.4. The standard InChI is InChI=1S/C25H26N2O2S/c1-16-10-6-8-12-18(16)23(28)27-25-22(19-13-4-3-5-15-21(19)30-25)24(29)26-20-14-9-7-11-17(20)2/h6-12,14H,3-5,13,15H2,1-2H3,(H,26,29)(H,27,28). The van der Waals surface area contributed by atoms with E-state index in [1.807, 2.05) is 62.4 Å². The molecule has 3 aromatic rings. The van der Waals surface area contributed by atoms with Crippen LogP contribution in [-0.4, -0.2) is 11.8 Å². The van der Waals surface area contributed by atoms with Crippen molar-refractivity contribution in [2.24, 2.45) is 0 Å². The third-order valence-electron chi connectivity index (χ3n) is 5.66. The first-order chi connectivity index (χ1) is 14.5. The van der Waals surface area contributed by atoms with Crippen molar-refractivity contribution in [3.63, 3.8) is 0 Å². The topological polar surface area (TPSA) is 58.2 Å². The molecule has 0 unspecified atom stereocenters. The molecule has 0 saturated carbocycles. The van der Waals surface area contributed by atoms with Gasteiger partial charge in [0.1, 0.15) is 5.00 Å². The molecule has 2 aromatic carbocycles. The van der Waals surface area contributed by atoms with Crippen LogP contribution in [0, 0.1) is 13.8 Å². The summed E-state index contributed by atoms with van der Waals surface area (Å²) < 4.78 is 0. The Kier molecular flexibility index (Phi) is 6.00. The number of hydrogen-bond acceptors (Lipinski definition) is 3. The van der Waals surface area contributed by atoms with Crippen LogP contribution in [0.2, 0.25) is 0 Å². The summed E-state index contributed by atoms with van der Waals surface area (Å²) in [5.74, 6) is -0.321. The Labute approximate surface area is 181 Å². The second-order valence-electron chi connectivity index (χ2n) is 7.81. The van der Waals surface area contributed by atoms with Crippen LogP contribution in [0.25, 0.3) is 0 Å². The van der Waals surface area contributed by atoms with Gasteiger partial charge in [-0.15, -0.1) is 11.3 Å². The lowest BCUT2D eigenvalue weighted by Crippen LogP contribution is -2.19. The number of fused-ring (bicyclic) bond motifs is 1. The Morgan fingerprint density at radius 1 is 0.800 bits per heavy atom. The smallest absolute Gasteiger partial charge is 0.258 e. The average Bonchev–Trinajstić information content (AvgIpc) is 2.90. The zero-order valence-corrected chi connectivity index (χ0v) is 18.2. The lowest BCUT2D eigenvalue weighted by atomic mass is 10.0. The molecule has 0 bridgehead atoms. The van der Waals surface area contributed by atoms with E-state index < -0.39 is 0 Å². The van der Waals surface area contributed by atoms with Crippen LogP contribution in [0.15, 0.2) is 48.5 Å². The van der Waals surface area contributed by atoms with E-state index in [1.54, 1.807) is 11.3 Å². The summed E-state index contributed by atoms with van der Waals surface area (Å²) >= 11 is 1.55. The van der Waals surface area contributed by atoms with E-state index in [9.17, 15) is 9.59 Å². The molecule has 1 aromatic heterocycles. The van der Waals surface area contributed by atoms with Gasteiger partial charge in [-0.05, 0) is 68.4 Å². The summed E-state index contributed by atoms with van der Waals surface area (Å²) in [4.78, 5) is 27.6. The Morgan fingerprint density at radius 2 is 1.50 bits per heavy atom. The molecule has 0 spiro atoms. The van der Waals surface area contributed by atoms with E-state index >= 15 is 0 Å². The molecule has 4 rings (SSSR count). The van der Waals surface area contributed by atoms with Gasteiger partial charge >= 0.3 is 0 Å². The SMILES string of the molecule is Cc1ccccc1NC(=O)c1c(NC(=O)c2ccccc2C)sc2c1CCCCC2.